The molecule has 0 bridgehead atoms. The van der Waals surface area contributed by atoms with Gasteiger partial charge in [0.2, 0.25) is 11.7 Å². The van der Waals surface area contributed by atoms with E-state index in [1.165, 1.54) is 24.7 Å². The second-order valence-electron chi connectivity index (χ2n) is 5.99. The van der Waals surface area contributed by atoms with Crippen LogP contribution in [0, 0.1) is 5.82 Å². The molecule has 2 aromatic heterocycles. The number of aromatic nitrogens is 2. The van der Waals surface area contributed by atoms with E-state index in [0.717, 1.165) is 19.3 Å². The zero-order valence-corrected chi connectivity index (χ0v) is 13.4. The van der Waals surface area contributed by atoms with E-state index in [1.807, 2.05) is 0 Å². The second-order valence-corrected chi connectivity index (χ2v) is 5.99. The minimum absolute atomic E-state index is 0.111. The Kier molecular flexibility index (Phi) is 4.05. The van der Waals surface area contributed by atoms with Crippen molar-refractivity contribution in [3.8, 4) is 11.4 Å². The van der Waals surface area contributed by atoms with Gasteiger partial charge in [-0.15, -0.1) is 0 Å². The van der Waals surface area contributed by atoms with Crippen molar-refractivity contribution in [1.82, 2.24) is 15.0 Å². The highest BCUT2D eigenvalue weighted by atomic mass is 19.1. The van der Waals surface area contributed by atoms with Crippen LogP contribution >= 0.6 is 0 Å². The molecule has 0 N–H and O–H groups in total. The van der Waals surface area contributed by atoms with Gasteiger partial charge in [0.25, 0.3) is 5.91 Å². The first-order chi connectivity index (χ1) is 12.2. The number of benzene rings is 1. The summed E-state index contributed by atoms with van der Waals surface area (Å²) in [6.45, 7) is 0.628. The van der Waals surface area contributed by atoms with E-state index in [9.17, 15) is 9.18 Å². The number of amides is 1. The molecule has 6 nitrogen and oxygen atoms in total. The van der Waals surface area contributed by atoms with Gasteiger partial charge in [-0.3, -0.25) is 4.79 Å². The predicted molar refractivity (Wildman–Crippen MR) is 86.0 cm³/mol. The van der Waals surface area contributed by atoms with Gasteiger partial charge in [0.05, 0.1) is 11.8 Å². The molecule has 128 valence electrons. The van der Waals surface area contributed by atoms with E-state index in [1.54, 1.807) is 23.1 Å². The molecule has 1 aliphatic rings. The molecular formula is C18H16FN3O3. The fourth-order valence-electron chi connectivity index (χ4n) is 3.07. The van der Waals surface area contributed by atoms with Crippen molar-refractivity contribution in [1.29, 1.82) is 0 Å². The Bertz CT molecular complexity index is 858. The number of rotatable bonds is 3. The number of likely N-dealkylation sites (tertiary alicyclic amines) is 1. The summed E-state index contributed by atoms with van der Waals surface area (Å²) in [6.07, 6.45) is 5.58. The number of hydrogen-bond acceptors (Lipinski definition) is 5. The lowest BCUT2D eigenvalue weighted by atomic mass is 10.0. The molecule has 3 heterocycles. The van der Waals surface area contributed by atoms with E-state index < -0.39 is 0 Å². The number of carbonyl (C=O) groups is 1. The summed E-state index contributed by atoms with van der Waals surface area (Å²) < 4.78 is 23.5. The number of halogens is 1. The molecule has 1 fully saturated rings. The molecule has 0 radical (unpaired) electrons. The van der Waals surface area contributed by atoms with Crippen molar-refractivity contribution in [2.45, 2.75) is 25.3 Å². The van der Waals surface area contributed by atoms with Crippen LogP contribution in [0.2, 0.25) is 0 Å². The summed E-state index contributed by atoms with van der Waals surface area (Å²) in [4.78, 5) is 18.9. The maximum Gasteiger partial charge on any atom is 0.257 e. The van der Waals surface area contributed by atoms with Crippen molar-refractivity contribution in [3.05, 3.63) is 60.1 Å². The minimum Gasteiger partial charge on any atom is -0.472 e. The molecule has 7 heteroatoms. The van der Waals surface area contributed by atoms with Crippen LogP contribution in [0.3, 0.4) is 0 Å². The van der Waals surface area contributed by atoms with Gasteiger partial charge in [0.15, 0.2) is 0 Å². The third-order valence-corrected chi connectivity index (χ3v) is 4.36. The number of nitrogens with zero attached hydrogens (tertiary/aromatic N) is 3. The Morgan fingerprint density at radius 1 is 1.20 bits per heavy atom. The number of furan rings is 1. The van der Waals surface area contributed by atoms with Crippen molar-refractivity contribution >= 4 is 5.91 Å². The average Bonchev–Trinajstić information content (AvgIpc) is 3.34. The molecule has 1 aliphatic heterocycles. The van der Waals surface area contributed by atoms with Crippen molar-refractivity contribution in [2.75, 3.05) is 6.54 Å². The lowest BCUT2D eigenvalue weighted by Gasteiger charge is -2.33. The number of carbonyl (C=O) groups excluding carboxylic acids is 1. The Balaban J connectivity index is 1.61. The van der Waals surface area contributed by atoms with E-state index in [0.29, 0.717) is 29.4 Å². The topological polar surface area (TPSA) is 72.4 Å². The maximum absolute atomic E-state index is 13.1. The normalized spacial score (nSPS) is 17.6. The molecule has 0 spiro atoms. The Labute approximate surface area is 143 Å². The summed E-state index contributed by atoms with van der Waals surface area (Å²) in [7, 11) is 0. The largest absolute Gasteiger partial charge is 0.472 e. The van der Waals surface area contributed by atoms with Gasteiger partial charge < -0.3 is 13.8 Å². The van der Waals surface area contributed by atoms with Crippen LogP contribution in [0.25, 0.3) is 11.4 Å². The highest BCUT2D eigenvalue weighted by Crippen LogP contribution is 2.32. The summed E-state index contributed by atoms with van der Waals surface area (Å²) in [5.74, 6) is 0.351. The highest BCUT2D eigenvalue weighted by Gasteiger charge is 2.33. The highest BCUT2D eigenvalue weighted by molar-refractivity contribution is 5.94. The zero-order chi connectivity index (χ0) is 17.2. The third kappa shape index (κ3) is 3.05. The van der Waals surface area contributed by atoms with Crippen LogP contribution in [-0.4, -0.2) is 27.5 Å². The van der Waals surface area contributed by atoms with Gasteiger partial charge in [0, 0.05) is 12.1 Å². The first-order valence-corrected chi connectivity index (χ1v) is 8.15. The van der Waals surface area contributed by atoms with Gasteiger partial charge in [-0.2, -0.15) is 4.98 Å². The molecule has 3 aromatic rings. The van der Waals surface area contributed by atoms with E-state index in [2.05, 4.69) is 10.1 Å². The lowest BCUT2D eigenvalue weighted by molar-refractivity contribution is 0.0560. The fraction of sp³-hybridized carbons (Fsp3) is 0.278. The van der Waals surface area contributed by atoms with Crippen LogP contribution in [0.5, 0.6) is 0 Å². The van der Waals surface area contributed by atoms with Crippen LogP contribution in [0.4, 0.5) is 4.39 Å². The summed E-state index contributed by atoms with van der Waals surface area (Å²) in [5.41, 5.74) is 1.17. The van der Waals surface area contributed by atoms with E-state index in [4.69, 9.17) is 8.94 Å². The first kappa shape index (κ1) is 15.6. The standard InChI is InChI=1S/C18H16FN3O3/c19-14-6-4-12(5-7-14)16-20-17(25-21-16)15-3-1-2-9-22(15)18(23)13-8-10-24-11-13/h4-8,10-11,15H,1-3,9H2. The Hall–Kier alpha value is -2.96. The lowest BCUT2D eigenvalue weighted by Crippen LogP contribution is -2.38. The Morgan fingerprint density at radius 3 is 2.80 bits per heavy atom. The quantitative estimate of drug-likeness (QED) is 0.724. The molecule has 1 aromatic carbocycles. The Morgan fingerprint density at radius 2 is 2.04 bits per heavy atom. The molecule has 25 heavy (non-hydrogen) atoms. The summed E-state index contributed by atoms with van der Waals surface area (Å²) in [6, 6.07) is 7.27. The fourth-order valence-corrected chi connectivity index (χ4v) is 3.07. The summed E-state index contributed by atoms with van der Waals surface area (Å²) >= 11 is 0. The van der Waals surface area contributed by atoms with Gasteiger partial charge in [-0.25, -0.2) is 4.39 Å². The molecule has 1 saturated heterocycles. The van der Waals surface area contributed by atoms with Crippen LogP contribution < -0.4 is 0 Å². The van der Waals surface area contributed by atoms with Gasteiger partial charge in [-0.05, 0) is 49.6 Å². The van der Waals surface area contributed by atoms with Crippen LogP contribution in [0.15, 0.2) is 51.8 Å². The van der Waals surface area contributed by atoms with Crippen LogP contribution in [0.1, 0.15) is 41.6 Å². The minimum atomic E-state index is -0.323. The SMILES string of the molecule is O=C(c1ccoc1)N1CCCCC1c1nc(-c2ccc(F)cc2)no1. The maximum atomic E-state index is 13.1. The smallest absolute Gasteiger partial charge is 0.257 e. The molecule has 4 rings (SSSR count). The van der Waals surface area contributed by atoms with Gasteiger partial charge in [0.1, 0.15) is 18.1 Å². The molecule has 1 atom stereocenters. The third-order valence-electron chi connectivity index (χ3n) is 4.36. The number of hydrogen-bond donors (Lipinski definition) is 0. The second kappa shape index (κ2) is 6.51. The summed E-state index contributed by atoms with van der Waals surface area (Å²) in [5, 5.41) is 3.98. The van der Waals surface area contributed by atoms with Gasteiger partial charge >= 0.3 is 0 Å². The molecule has 1 unspecified atom stereocenters. The van der Waals surface area contributed by atoms with Crippen molar-refractivity contribution < 1.29 is 18.1 Å². The van der Waals surface area contributed by atoms with Crippen LogP contribution in [-0.2, 0) is 0 Å². The monoisotopic (exact) mass is 341 g/mol. The molecule has 0 aliphatic carbocycles. The number of piperidine rings is 1. The van der Waals surface area contributed by atoms with E-state index in [-0.39, 0.29) is 17.8 Å². The predicted octanol–water partition coefficient (Wildman–Crippen LogP) is 3.84. The van der Waals surface area contributed by atoms with E-state index >= 15 is 0 Å². The first-order valence-electron chi connectivity index (χ1n) is 8.15. The zero-order valence-electron chi connectivity index (χ0n) is 13.4. The molecular weight excluding hydrogens is 325 g/mol. The molecule has 0 saturated carbocycles. The average molecular weight is 341 g/mol. The van der Waals surface area contributed by atoms with Gasteiger partial charge in [-0.1, -0.05) is 5.16 Å². The van der Waals surface area contributed by atoms with Crippen molar-refractivity contribution in [2.24, 2.45) is 0 Å². The van der Waals surface area contributed by atoms with Crippen molar-refractivity contribution in [3.63, 3.8) is 0 Å². The molecule has 1 amide bonds.